The minimum atomic E-state index is -3.82. The van der Waals surface area contributed by atoms with Gasteiger partial charge in [-0.15, -0.1) is 11.3 Å². The van der Waals surface area contributed by atoms with Gasteiger partial charge in [-0.05, 0) is 42.8 Å². The summed E-state index contributed by atoms with van der Waals surface area (Å²) in [6.07, 6.45) is 2.98. The van der Waals surface area contributed by atoms with E-state index in [2.05, 4.69) is 9.71 Å². The molecule has 27 heavy (non-hydrogen) atoms. The van der Waals surface area contributed by atoms with Crippen LogP contribution in [0, 0.1) is 6.92 Å². The van der Waals surface area contributed by atoms with Gasteiger partial charge >= 0.3 is 0 Å². The molecule has 0 amide bonds. The summed E-state index contributed by atoms with van der Waals surface area (Å²) < 4.78 is 53.9. The summed E-state index contributed by atoms with van der Waals surface area (Å²) in [6.45, 7) is 1.52. The zero-order valence-electron chi connectivity index (χ0n) is 14.4. The number of nitrogens with zero attached hydrogens (tertiary/aromatic N) is 1. The molecule has 0 saturated heterocycles. The Bertz CT molecular complexity index is 1110. The number of sulfone groups is 1. The van der Waals surface area contributed by atoms with Gasteiger partial charge in [-0.25, -0.2) is 21.6 Å². The van der Waals surface area contributed by atoms with Gasteiger partial charge in [-0.2, -0.15) is 0 Å². The smallest absolute Gasteiger partial charge is 0.250 e. The van der Waals surface area contributed by atoms with Crippen molar-refractivity contribution in [3.8, 4) is 0 Å². The molecule has 0 bridgehead atoms. The summed E-state index contributed by atoms with van der Waals surface area (Å²) in [4.78, 5) is 4.97. The average Bonchev–Trinajstić information content (AvgIpc) is 3.11. The van der Waals surface area contributed by atoms with Crippen LogP contribution in [0.3, 0.4) is 0 Å². The maximum absolute atomic E-state index is 13.1. The van der Waals surface area contributed by atoms with E-state index in [1.54, 1.807) is 36.4 Å². The van der Waals surface area contributed by atoms with E-state index in [1.165, 1.54) is 30.6 Å². The molecule has 0 spiro atoms. The van der Waals surface area contributed by atoms with E-state index in [0.717, 1.165) is 16.2 Å². The molecule has 0 fully saturated rings. The van der Waals surface area contributed by atoms with Crippen molar-refractivity contribution in [3.05, 3.63) is 77.4 Å². The fourth-order valence-corrected chi connectivity index (χ4v) is 6.71. The van der Waals surface area contributed by atoms with E-state index in [1.807, 2.05) is 6.92 Å². The average molecular weight is 423 g/mol. The summed E-state index contributed by atoms with van der Waals surface area (Å²) in [5.41, 5.74) is 0.423. The first-order valence-electron chi connectivity index (χ1n) is 8.06. The second kappa shape index (κ2) is 7.89. The number of aryl methyl sites for hydroxylation is 1. The Labute approximate surface area is 162 Å². The van der Waals surface area contributed by atoms with Crippen molar-refractivity contribution < 1.29 is 16.8 Å². The predicted octanol–water partition coefficient (Wildman–Crippen LogP) is 2.95. The van der Waals surface area contributed by atoms with E-state index < -0.39 is 25.1 Å². The van der Waals surface area contributed by atoms with E-state index in [0.29, 0.717) is 5.56 Å². The molecule has 0 saturated carbocycles. The number of benzene rings is 1. The van der Waals surface area contributed by atoms with Crippen LogP contribution in [-0.2, 0) is 19.9 Å². The molecule has 9 heteroatoms. The number of hydrogen-bond donors (Lipinski definition) is 1. The van der Waals surface area contributed by atoms with Gasteiger partial charge in [0.25, 0.3) is 0 Å². The molecule has 2 heterocycles. The van der Waals surface area contributed by atoms with Crippen molar-refractivity contribution in [3.63, 3.8) is 0 Å². The van der Waals surface area contributed by atoms with Crippen LogP contribution in [0.1, 0.15) is 15.7 Å². The Balaban J connectivity index is 1.95. The summed E-state index contributed by atoms with van der Waals surface area (Å²) >= 11 is 1.13. The number of thiophene rings is 1. The van der Waals surface area contributed by atoms with Crippen LogP contribution >= 0.6 is 11.3 Å². The molecule has 0 radical (unpaired) electrons. The van der Waals surface area contributed by atoms with Crippen LogP contribution in [0.2, 0.25) is 0 Å². The number of sulfonamides is 1. The lowest BCUT2D eigenvalue weighted by Crippen LogP contribution is -2.31. The number of pyridine rings is 1. The highest BCUT2D eigenvalue weighted by atomic mass is 32.2. The lowest BCUT2D eigenvalue weighted by molar-refractivity contribution is 0.569. The number of nitrogens with one attached hydrogen (secondary N) is 1. The zero-order valence-corrected chi connectivity index (χ0v) is 16.9. The van der Waals surface area contributed by atoms with Gasteiger partial charge < -0.3 is 0 Å². The van der Waals surface area contributed by atoms with Crippen molar-refractivity contribution in [2.24, 2.45) is 0 Å². The molecule has 3 aromatic rings. The normalized spacial score (nSPS) is 13.4. The first-order valence-corrected chi connectivity index (χ1v) is 11.9. The maximum Gasteiger partial charge on any atom is 0.250 e. The van der Waals surface area contributed by atoms with Gasteiger partial charge in [0.05, 0.1) is 4.90 Å². The third kappa shape index (κ3) is 4.44. The molecule has 0 aliphatic carbocycles. The molecule has 1 aromatic carbocycles. The monoisotopic (exact) mass is 422 g/mol. The van der Waals surface area contributed by atoms with Gasteiger partial charge in [-0.3, -0.25) is 4.98 Å². The lowest BCUT2D eigenvalue weighted by atomic mass is 10.2. The highest BCUT2D eigenvalue weighted by Crippen LogP contribution is 2.29. The maximum atomic E-state index is 13.1. The largest absolute Gasteiger partial charge is 0.264 e. The molecule has 1 atom stereocenters. The highest BCUT2D eigenvalue weighted by molar-refractivity contribution is 7.92. The van der Waals surface area contributed by atoms with E-state index in [-0.39, 0.29) is 15.6 Å². The first kappa shape index (κ1) is 19.7. The van der Waals surface area contributed by atoms with Crippen molar-refractivity contribution >= 4 is 31.2 Å². The number of rotatable bonds is 7. The quantitative estimate of drug-likeness (QED) is 0.632. The van der Waals surface area contributed by atoms with E-state index in [4.69, 9.17) is 0 Å². The minimum Gasteiger partial charge on any atom is -0.264 e. The molecule has 1 N–H and O–H groups in total. The summed E-state index contributed by atoms with van der Waals surface area (Å²) in [6, 6.07) is 14.4. The summed E-state index contributed by atoms with van der Waals surface area (Å²) in [7, 11) is -7.62. The molecule has 6 nitrogen and oxygen atoms in total. The number of aromatic nitrogens is 1. The Morgan fingerprint density at radius 2 is 1.74 bits per heavy atom. The molecule has 142 valence electrons. The van der Waals surface area contributed by atoms with E-state index >= 15 is 0 Å². The second-order valence-corrected chi connectivity index (χ2v) is 11.3. The topological polar surface area (TPSA) is 93.2 Å². The molecule has 0 aliphatic heterocycles. The lowest BCUT2D eigenvalue weighted by Gasteiger charge is -2.18. The van der Waals surface area contributed by atoms with Crippen LogP contribution in [-0.4, -0.2) is 28.4 Å². The van der Waals surface area contributed by atoms with Crippen molar-refractivity contribution in [1.82, 2.24) is 9.71 Å². The second-order valence-electron chi connectivity index (χ2n) is 5.85. The Morgan fingerprint density at radius 3 is 2.33 bits per heavy atom. The van der Waals surface area contributed by atoms with Crippen LogP contribution in [0.5, 0.6) is 0 Å². The first-order chi connectivity index (χ1) is 12.8. The zero-order chi connectivity index (χ0) is 19.5. The molecular weight excluding hydrogens is 404 g/mol. The minimum absolute atomic E-state index is 0.130. The highest BCUT2D eigenvalue weighted by Gasteiger charge is 2.31. The van der Waals surface area contributed by atoms with Crippen molar-refractivity contribution in [1.29, 1.82) is 0 Å². The standard InChI is InChI=1S/C18H18N2O4S3/c1-14-9-10-18(25-14)27(23,24)20-13-17(15-6-5-11-19-12-15)26(21,22)16-7-3-2-4-8-16/h2-12,17,20H,13H2,1H3/t17-/m0/s1. The van der Waals surface area contributed by atoms with Gasteiger partial charge in [0, 0.05) is 23.8 Å². The fourth-order valence-electron chi connectivity index (χ4n) is 2.56. The van der Waals surface area contributed by atoms with Gasteiger partial charge in [0.1, 0.15) is 9.46 Å². The van der Waals surface area contributed by atoms with E-state index in [9.17, 15) is 16.8 Å². The van der Waals surface area contributed by atoms with Gasteiger partial charge in [0.15, 0.2) is 9.84 Å². The van der Waals surface area contributed by atoms with Crippen LogP contribution in [0.4, 0.5) is 0 Å². The Morgan fingerprint density at radius 1 is 1.00 bits per heavy atom. The fraction of sp³-hybridized carbons (Fsp3) is 0.167. The Kier molecular flexibility index (Phi) is 5.75. The summed E-state index contributed by atoms with van der Waals surface area (Å²) in [5, 5.41) is -1.09. The molecule has 3 rings (SSSR count). The van der Waals surface area contributed by atoms with Gasteiger partial charge in [-0.1, -0.05) is 24.3 Å². The third-order valence-corrected chi connectivity index (χ3v) is 8.98. The van der Waals surface area contributed by atoms with Crippen LogP contribution < -0.4 is 4.72 Å². The van der Waals surface area contributed by atoms with Gasteiger partial charge in [0.2, 0.25) is 10.0 Å². The SMILES string of the molecule is Cc1ccc(S(=O)(=O)NC[C@@H](c2cccnc2)S(=O)(=O)c2ccccc2)s1. The van der Waals surface area contributed by atoms with Crippen LogP contribution in [0.15, 0.2) is 76.1 Å². The van der Waals surface area contributed by atoms with Crippen LogP contribution in [0.25, 0.3) is 0 Å². The predicted molar refractivity (Wildman–Crippen MR) is 105 cm³/mol. The Hall–Kier alpha value is -2.07. The summed E-state index contributed by atoms with van der Waals surface area (Å²) in [5.74, 6) is 0. The molecule has 2 aromatic heterocycles. The third-order valence-electron chi connectivity index (χ3n) is 3.94. The number of hydrogen-bond acceptors (Lipinski definition) is 6. The molecule has 0 aliphatic rings. The molecular formula is C18H18N2O4S3. The molecule has 0 unspecified atom stereocenters. The van der Waals surface area contributed by atoms with Crippen molar-refractivity contribution in [2.45, 2.75) is 21.3 Å². The van der Waals surface area contributed by atoms with Crippen molar-refractivity contribution in [2.75, 3.05) is 6.54 Å².